The fourth-order valence-corrected chi connectivity index (χ4v) is 4.31. The second kappa shape index (κ2) is 10.2. The molecule has 0 saturated carbocycles. The first-order chi connectivity index (χ1) is 16.1. The maximum absolute atomic E-state index is 13.3. The third-order valence-corrected chi connectivity index (χ3v) is 6.05. The number of rotatable bonds is 7. The Kier molecular flexibility index (Phi) is 6.86. The van der Waals surface area contributed by atoms with E-state index in [-0.39, 0.29) is 17.2 Å². The molecule has 1 amide bonds. The molecule has 33 heavy (non-hydrogen) atoms. The lowest BCUT2D eigenvalue weighted by Crippen LogP contribution is -2.23. The summed E-state index contributed by atoms with van der Waals surface area (Å²) in [4.78, 5) is 30.5. The third-order valence-electron chi connectivity index (χ3n) is 5.11. The van der Waals surface area contributed by atoms with Crippen LogP contribution >= 0.6 is 11.8 Å². The number of nitrogens with one attached hydrogen (secondary N) is 1. The van der Waals surface area contributed by atoms with Crippen molar-refractivity contribution in [3.63, 3.8) is 0 Å². The molecular weight excluding hydrogens is 432 g/mol. The predicted molar refractivity (Wildman–Crippen MR) is 132 cm³/mol. The van der Waals surface area contributed by atoms with Gasteiger partial charge in [-0.05, 0) is 60.5 Å². The number of benzene rings is 3. The van der Waals surface area contributed by atoms with Crippen molar-refractivity contribution >= 4 is 34.3 Å². The van der Waals surface area contributed by atoms with E-state index < -0.39 is 0 Å². The first-order valence-corrected chi connectivity index (χ1v) is 11.6. The van der Waals surface area contributed by atoms with Crippen molar-refractivity contribution in [2.45, 2.75) is 24.9 Å². The van der Waals surface area contributed by atoms with E-state index in [1.54, 1.807) is 42.5 Å². The molecule has 164 valence electrons. The number of anilines is 1. The van der Waals surface area contributed by atoms with Gasteiger partial charge < -0.3 is 5.32 Å². The van der Waals surface area contributed by atoms with Crippen LogP contribution in [-0.2, 0) is 11.2 Å². The fraction of sp³-hybridized carbons (Fsp3) is 0.154. The molecule has 0 spiro atoms. The average molecular weight is 455 g/mol. The zero-order chi connectivity index (χ0) is 23.2. The first kappa shape index (κ1) is 22.3. The highest BCUT2D eigenvalue weighted by Crippen LogP contribution is 2.22. The van der Waals surface area contributed by atoms with Crippen molar-refractivity contribution < 1.29 is 4.79 Å². The van der Waals surface area contributed by atoms with E-state index in [9.17, 15) is 9.59 Å². The lowest BCUT2D eigenvalue weighted by atomic mass is 10.1. The third kappa shape index (κ3) is 5.13. The molecule has 6 nitrogen and oxygen atoms in total. The summed E-state index contributed by atoms with van der Waals surface area (Å²) in [6.07, 6.45) is 2.08. The van der Waals surface area contributed by atoms with Gasteiger partial charge in [0.2, 0.25) is 5.91 Å². The zero-order valence-corrected chi connectivity index (χ0v) is 18.9. The lowest BCUT2D eigenvalue weighted by Gasteiger charge is -2.13. The van der Waals surface area contributed by atoms with Crippen molar-refractivity contribution in [1.29, 1.82) is 5.26 Å². The van der Waals surface area contributed by atoms with Gasteiger partial charge >= 0.3 is 0 Å². The molecule has 3 aromatic carbocycles. The van der Waals surface area contributed by atoms with E-state index in [0.29, 0.717) is 27.3 Å². The Morgan fingerprint density at radius 3 is 2.48 bits per heavy atom. The molecule has 0 aliphatic carbocycles. The maximum atomic E-state index is 13.3. The summed E-state index contributed by atoms with van der Waals surface area (Å²) in [6.45, 7) is 2.13. The number of fused-ring (bicyclic) bond motifs is 1. The van der Waals surface area contributed by atoms with Crippen LogP contribution in [0.15, 0.2) is 82.7 Å². The summed E-state index contributed by atoms with van der Waals surface area (Å²) < 4.78 is 1.49. The average Bonchev–Trinajstić information content (AvgIpc) is 2.84. The Labute approximate surface area is 195 Å². The van der Waals surface area contributed by atoms with E-state index in [0.717, 1.165) is 18.5 Å². The van der Waals surface area contributed by atoms with Crippen molar-refractivity contribution in [3.05, 3.63) is 94.3 Å². The van der Waals surface area contributed by atoms with Gasteiger partial charge in [0.1, 0.15) is 0 Å². The van der Waals surface area contributed by atoms with Crippen LogP contribution < -0.4 is 10.9 Å². The smallest absolute Gasteiger partial charge is 0.266 e. The predicted octanol–water partition coefficient (Wildman–Crippen LogP) is 4.94. The Balaban J connectivity index is 1.60. The van der Waals surface area contributed by atoms with E-state index in [1.807, 2.05) is 30.3 Å². The molecule has 1 aromatic heterocycles. The molecule has 0 saturated heterocycles. The van der Waals surface area contributed by atoms with E-state index >= 15 is 0 Å². The number of para-hydroxylation sites is 1. The van der Waals surface area contributed by atoms with E-state index in [1.165, 1.54) is 21.9 Å². The maximum Gasteiger partial charge on any atom is 0.266 e. The molecule has 0 radical (unpaired) electrons. The van der Waals surface area contributed by atoms with Gasteiger partial charge in [-0.1, -0.05) is 49.4 Å². The van der Waals surface area contributed by atoms with E-state index in [2.05, 4.69) is 23.3 Å². The van der Waals surface area contributed by atoms with Crippen molar-refractivity contribution in [1.82, 2.24) is 9.55 Å². The van der Waals surface area contributed by atoms with Gasteiger partial charge in [-0.3, -0.25) is 14.2 Å². The van der Waals surface area contributed by atoms with E-state index in [4.69, 9.17) is 5.26 Å². The second-order valence-electron chi connectivity index (χ2n) is 7.49. The molecule has 4 aromatic rings. The van der Waals surface area contributed by atoms with Crippen LogP contribution in [0.5, 0.6) is 0 Å². The minimum absolute atomic E-state index is 0.0950. The normalized spacial score (nSPS) is 10.7. The highest BCUT2D eigenvalue weighted by molar-refractivity contribution is 7.99. The largest absolute Gasteiger partial charge is 0.325 e. The fourth-order valence-electron chi connectivity index (χ4n) is 3.49. The molecule has 0 aliphatic heterocycles. The molecule has 1 N–H and O–H groups in total. The number of aromatic nitrogens is 2. The Morgan fingerprint density at radius 1 is 1.06 bits per heavy atom. The topological polar surface area (TPSA) is 87.8 Å². The van der Waals surface area contributed by atoms with Crippen molar-refractivity contribution in [3.8, 4) is 11.8 Å². The number of hydrogen-bond acceptors (Lipinski definition) is 5. The summed E-state index contributed by atoms with van der Waals surface area (Å²) in [7, 11) is 0. The van der Waals surface area contributed by atoms with Crippen LogP contribution in [0.1, 0.15) is 24.5 Å². The highest BCUT2D eigenvalue weighted by atomic mass is 32.2. The molecule has 0 unspecified atom stereocenters. The molecule has 7 heteroatoms. The molecule has 1 heterocycles. The molecule has 0 atom stereocenters. The number of nitriles is 1. The molecule has 4 rings (SSSR count). The van der Waals surface area contributed by atoms with Crippen LogP contribution in [0.2, 0.25) is 0 Å². The number of carbonyl (C=O) groups excluding carboxylic acids is 1. The van der Waals surface area contributed by atoms with Crippen LogP contribution in [0.25, 0.3) is 16.6 Å². The van der Waals surface area contributed by atoms with Gasteiger partial charge in [0, 0.05) is 5.69 Å². The molecule has 0 fully saturated rings. The van der Waals surface area contributed by atoms with Crippen LogP contribution in [-0.4, -0.2) is 21.2 Å². The van der Waals surface area contributed by atoms with Gasteiger partial charge in [-0.25, -0.2) is 4.98 Å². The standard InChI is InChI=1S/C26H22N4O2S/c1-2-5-18-8-12-20(13-9-18)28-24(31)17-33-26-29-23-7-4-3-6-22(23)25(32)30(26)21-14-10-19(16-27)11-15-21/h3-4,6-15H,2,5,17H2,1H3,(H,28,31). The number of carbonyl (C=O) groups is 1. The number of hydrogen-bond donors (Lipinski definition) is 1. The minimum Gasteiger partial charge on any atom is -0.325 e. The lowest BCUT2D eigenvalue weighted by molar-refractivity contribution is -0.113. The van der Waals surface area contributed by atoms with Gasteiger partial charge in [-0.15, -0.1) is 0 Å². The Morgan fingerprint density at radius 2 is 1.79 bits per heavy atom. The quantitative estimate of drug-likeness (QED) is 0.316. The Hall–Kier alpha value is -3.89. The van der Waals surface area contributed by atoms with Gasteiger partial charge in [0.05, 0.1) is 34.0 Å². The number of nitrogens with zero attached hydrogens (tertiary/aromatic N) is 3. The Bertz CT molecular complexity index is 1390. The number of amides is 1. The molecule has 0 bridgehead atoms. The van der Waals surface area contributed by atoms with Crippen molar-refractivity contribution in [2.75, 3.05) is 11.1 Å². The zero-order valence-electron chi connectivity index (χ0n) is 18.1. The number of thioether (sulfide) groups is 1. The summed E-state index contributed by atoms with van der Waals surface area (Å²) in [5.41, 5.74) is 3.40. The summed E-state index contributed by atoms with van der Waals surface area (Å²) in [5.74, 6) is -0.0883. The van der Waals surface area contributed by atoms with Crippen molar-refractivity contribution in [2.24, 2.45) is 0 Å². The molecule has 0 aliphatic rings. The summed E-state index contributed by atoms with van der Waals surface area (Å²) >= 11 is 1.19. The van der Waals surface area contributed by atoms with Crippen LogP contribution in [0, 0.1) is 11.3 Å². The monoisotopic (exact) mass is 454 g/mol. The highest BCUT2D eigenvalue weighted by Gasteiger charge is 2.15. The molecular formula is C26H22N4O2S. The summed E-state index contributed by atoms with van der Waals surface area (Å²) in [5, 5.41) is 12.9. The second-order valence-corrected chi connectivity index (χ2v) is 8.44. The minimum atomic E-state index is -0.222. The van der Waals surface area contributed by atoms with Gasteiger partial charge in [-0.2, -0.15) is 5.26 Å². The SMILES string of the molecule is CCCc1ccc(NC(=O)CSc2nc3ccccc3c(=O)n2-c2ccc(C#N)cc2)cc1. The van der Waals surface area contributed by atoms with Gasteiger partial charge in [0.15, 0.2) is 5.16 Å². The van der Waals surface area contributed by atoms with Crippen LogP contribution in [0.4, 0.5) is 5.69 Å². The number of aryl methyl sites for hydroxylation is 1. The van der Waals surface area contributed by atoms with Crippen LogP contribution in [0.3, 0.4) is 0 Å². The van der Waals surface area contributed by atoms with Gasteiger partial charge in [0.25, 0.3) is 5.56 Å². The first-order valence-electron chi connectivity index (χ1n) is 10.6. The summed E-state index contributed by atoms with van der Waals surface area (Å²) in [6, 6.07) is 23.7.